The quantitative estimate of drug-likeness (QED) is 0.390. The van der Waals surface area contributed by atoms with E-state index in [0.717, 1.165) is 12.8 Å². The molecule has 1 aromatic carbocycles. The first kappa shape index (κ1) is 13.1. The fourth-order valence-corrected chi connectivity index (χ4v) is 1.89. The van der Waals surface area contributed by atoms with E-state index in [1.165, 1.54) is 18.2 Å². The Hall–Kier alpha value is -2.37. The fourth-order valence-electron chi connectivity index (χ4n) is 1.89. The summed E-state index contributed by atoms with van der Waals surface area (Å²) < 4.78 is 4.99. The molecule has 0 aromatic heterocycles. The number of fused-ring (bicyclic) bond motifs is 1. The van der Waals surface area contributed by atoms with Crippen LogP contribution in [0.5, 0.6) is 0 Å². The van der Waals surface area contributed by atoms with Crippen LogP contribution >= 0.6 is 0 Å². The van der Waals surface area contributed by atoms with Crippen LogP contribution in [0, 0.1) is 10.1 Å². The van der Waals surface area contributed by atoms with Crippen molar-refractivity contribution in [3.63, 3.8) is 0 Å². The van der Waals surface area contributed by atoms with Crippen molar-refractivity contribution in [2.75, 3.05) is 0 Å². The molecule has 0 aliphatic carbocycles. The Morgan fingerprint density at radius 1 is 1.42 bits per heavy atom. The third kappa shape index (κ3) is 2.42. The number of non-ortho nitro benzene ring substituents is 1. The summed E-state index contributed by atoms with van der Waals surface area (Å²) >= 11 is 0. The van der Waals surface area contributed by atoms with E-state index in [2.05, 4.69) is 0 Å². The number of carbonyl (C=O) groups excluding carboxylic acids is 1. The van der Waals surface area contributed by atoms with Crippen LogP contribution in [-0.2, 0) is 4.74 Å². The molecule has 0 saturated carbocycles. The number of hydrogen-bond donors (Lipinski definition) is 1. The Labute approximate surface area is 109 Å². The van der Waals surface area contributed by atoms with Gasteiger partial charge < -0.3 is 9.84 Å². The first-order chi connectivity index (χ1) is 9.04. The van der Waals surface area contributed by atoms with E-state index in [1.54, 1.807) is 0 Å². The Balaban J connectivity index is 2.46. The second kappa shape index (κ2) is 5.09. The molecule has 0 atom stereocenters. The van der Waals surface area contributed by atoms with E-state index in [1.807, 2.05) is 6.92 Å². The van der Waals surface area contributed by atoms with Crippen molar-refractivity contribution in [3.8, 4) is 0 Å². The summed E-state index contributed by atoms with van der Waals surface area (Å²) in [6.45, 7) is 1.97. The molecular weight excluding hydrogens is 250 g/mol. The molecule has 19 heavy (non-hydrogen) atoms. The first-order valence-electron chi connectivity index (χ1n) is 5.97. The lowest BCUT2D eigenvalue weighted by molar-refractivity contribution is -0.384. The van der Waals surface area contributed by atoms with E-state index in [9.17, 15) is 20.0 Å². The number of allylic oxidation sites excluding steroid dienone is 1. The minimum absolute atomic E-state index is 0.0390. The molecule has 0 saturated heterocycles. The number of nitrogens with zero attached hydrogens (tertiary/aromatic N) is 1. The molecule has 6 nitrogen and oxygen atoms in total. The van der Waals surface area contributed by atoms with Gasteiger partial charge in [-0.3, -0.25) is 10.1 Å². The number of esters is 1. The van der Waals surface area contributed by atoms with Gasteiger partial charge in [-0.1, -0.05) is 13.3 Å². The molecular formula is C13H13NO5. The van der Waals surface area contributed by atoms with E-state index in [-0.39, 0.29) is 28.3 Å². The molecule has 0 spiro atoms. The molecule has 0 unspecified atom stereocenters. The number of ether oxygens (including phenoxy) is 1. The van der Waals surface area contributed by atoms with Gasteiger partial charge in [-0.25, -0.2) is 4.79 Å². The van der Waals surface area contributed by atoms with Crippen molar-refractivity contribution in [2.24, 2.45) is 0 Å². The standard InChI is InChI=1S/C13H13NO5/c1-2-3-4-11(15)12-10-7-8(14(17)18)5-6-9(10)13(16)19-12/h5-7,15H,2-4H2,1H3. The number of carbonyl (C=O) groups is 1. The number of aliphatic hydroxyl groups excluding tert-OH is 1. The number of unbranched alkanes of at least 4 members (excludes halogenated alkanes) is 1. The lowest BCUT2D eigenvalue weighted by atomic mass is 10.1. The van der Waals surface area contributed by atoms with E-state index in [4.69, 9.17) is 4.74 Å². The summed E-state index contributed by atoms with van der Waals surface area (Å²) in [5.41, 5.74) is 0.384. The Bertz CT molecular complexity index is 576. The SMILES string of the molecule is CCCCC(O)=C1OC(=O)c2ccc([N+](=O)[O-])cc21. The number of aliphatic hydroxyl groups is 1. The summed E-state index contributed by atoms with van der Waals surface area (Å²) in [6, 6.07) is 3.83. The lowest BCUT2D eigenvalue weighted by Crippen LogP contribution is -1.94. The van der Waals surface area contributed by atoms with Gasteiger partial charge >= 0.3 is 5.97 Å². The first-order valence-corrected chi connectivity index (χ1v) is 5.97. The van der Waals surface area contributed by atoms with Crippen LogP contribution in [-0.4, -0.2) is 16.0 Å². The van der Waals surface area contributed by atoms with Crippen LogP contribution in [0.3, 0.4) is 0 Å². The highest BCUT2D eigenvalue weighted by Gasteiger charge is 2.30. The van der Waals surface area contributed by atoms with Crippen molar-refractivity contribution in [1.82, 2.24) is 0 Å². The van der Waals surface area contributed by atoms with Gasteiger partial charge in [-0.2, -0.15) is 0 Å². The predicted octanol–water partition coefficient (Wildman–Crippen LogP) is 3.18. The molecule has 0 amide bonds. The maximum absolute atomic E-state index is 11.6. The van der Waals surface area contributed by atoms with Gasteiger partial charge in [0.2, 0.25) is 0 Å². The van der Waals surface area contributed by atoms with E-state index in [0.29, 0.717) is 6.42 Å². The topological polar surface area (TPSA) is 89.7 Å². The minimum Gasteiger partial charge on any atom is -0.508 e. The van der Waals surface area contributed by atoms with E-state index < -0.39 is 10.9 Å². The van der Waals surface area contributed by atoms with Gasteiger partial charge in [-0.05, 0) is 12.5 Å². The Morgan fingerprint density at radius 3 is 2.79 bits per heavy atom. The second-order valence-corrected chi connectivity index (χ2v) is 4.26. The number of benzene rings is 1. The number of rotatable bonds is 4. The molecule has 0 fully saturated rings. The minimum atomic E-state index is -0.594. The average molecular weight is 263 g/mol. The molecule has 1 aliphatic heterocycles. The largest absolute Gasteiger partial charge is 0.508 e. The van der Waals surface area contributed by atoms with Crippen LogP contribution in [0.2, 0.25) is 0 Å². The molecule has 6 heteroatoms. The molecule has 1 aromatic rings. The normalized spacial score (nSPS) is 15.9. The Kier molecular flexibility index (Phi) is 3.50. The van der Waals surface area contributed by atoms with Gasteiger partial charge in [-0.15, -0.1) is 0 Å². The second-order valence-electron chi connectivity index (χ2n) is 4.26. The smallest absolute Gasteiger partial charge is 0.344 e. The Morgan fingerprint density at radius 2 is 2.16 bits per heavy atom. The molecule has 1 N–H and O–H groups in total. The van der Waals surface area contributed by atoms with Crippen LogP contribution in [0.15, 0.2) is 24.0 Å². The maximum atomic E-state index is 11.6. The third-order valence-electron chi connectivity index (χ3n) is 2.90. The third-order valence-corrected chi connectivity index (χ3v) is 2.90. The number of cyclic esters (lactones) is 1. The van der Waals surface area contributed by atoms with Crippen molar-refractivity contribution >= 4 is 17.4 Å². The zero-order valence-electron chi connectivity index (χ0n) is 10.4. The number of nitro groups is 1. The van der Waals surface area contributed by atoms with Crippen molar-refractivity contribution in [2.45, 2.75) is 26.2 Å². The molecule has 1 heterocycles. The van der Waals surface area contributed by atoms with Gasteiger partial charge in [0.15, 0.2) is 5.76 Å². The zero-order chi connectivity index (χ0) is 14.0. The van der Waals surface area contributed by atoms with Crippen LogP contribution in [0.1, 0.15) is 42.1 Å². The van der Waals surface area contributed by atoms with Gasteiger partial charge in [0.1, 0.15) is 5.76 Å². The van der Waals surface area contributed by atoms with Crippen molar-refractivity contribution < 1.29 is 19.6 Å². The number of hydrogen-bond acceptors (Lipinski definition) is 5. The lowest BCUT2D eigenvalue weighted by Gasteiger charge is -2.03. The summed E-state index contributed by atoms with van der Waals surface area (Å²) in [5.74, 6) is -0.602. The van der Waals surface area contributed by atoms with Gasteiger partial charge in [0, 0.05) is 24.1 Å². The summed E-state index contributed by atoms with van der Waals surface area (Å²) in [6.07, 6.45) is 2.01. The van der Waals surface area contributed by atoms with E-state index >= 15 is 0 Å². The molecule has 2 rings (SSSR count). The van der Waals surface area contributed by atoms with Crippen LogP contribution < -0.4 is 0 Å². The highest BCUT2D eigenvalue weighted by atomic mass is 16.6. The van der Waals surface area contributed by atoms with Gasteiger partial charge in [0.25, 0.3) is 5.69 Å². The number of nitro benzene ring substituents is 1. The molecule has 0 radical (unpaired) electrons. The van der Waals surface area contributed by atoms with Gasteiger partial charge in [0.05, 0.1) is 10.5 Å². The highest BCUT2D eigenvalue weighted by Crippen LogP contribution is 2.35. The monoisotopic (exact) mass is 263 g/mol. The average Bonchev–Trinajstić information content (AvgIpc) is 2.73. The zero-order valence-corrected chi connectivity index (χ0v) is 10.4. The highest BCUT2D eigenvalue weighted by molar-refractivity contribution is 6.03. The van der Waals surface area contributed by atoms with Crippen LogP contribution in [0.25, 0.3) is 5.76 Å². The summed E-state index contributed by atoms with van der Waals surface area (Å²) in [7, 11) is 0. The van der Waals surface area contributed by atoms with Crippen LogP contribution in [0.4, 0.5) is 5.69 Å². The van der Waals surface area contributed by atoms with Crippen molar-refractivity contribution in [1.29, 1.82) is 0 Å². The molecule has 100 valence electrons. The fraction of sp³-hybridized carbons (Fsp3) is 0.308. The summed E-state index contributed by atoms with van der Waals surface area (Å²) in [5, 5.41) is 20.6. The predicted molar refractivity (Wildman–Crippen MR) is 67.6 cm³/mol. The molecule has 0 bridgehead atoms. The maximum Gasteiger partial charge on any atom is 0.344 e. The summed E-state index contributed by atoms with van der Waals surface area (Å²) in [4.78, 5) is 21.8. The molecule has 1 aliphatic rings. The van der Waals surface area contributed by atoms with Crippen molar-refractivity contribution in [3.05, 3.63) is 45.2 Å².